The van der Waals surface area contributed by atoms with Crippen molar-refractivity contribution in [2.75, 3.05) is 31.5 Å². The normalized spacial score (nSPS) is 16.3. The van der Waals surface area contributed by atoms with E-state index in [0.717, 1.165) is 26.2 Å². The Hall–Kier alpha value is -0.230. The number of rotatable bonds is 3. The molecule has 1 fully saturated rings. The second-order valence-corrected chi connectivity index (χ2v) is 5.39. The predicted octanol–water partition coefficient (Wildman–Crippen LogP) is 3.07. The molecule has 0 spiro atoms. The fourth-order valence-corrected chi connectivity index (χ4v) is 2.35. The Balaban J connectivity index is 0.00000200. The molecule has 4 nitrogen and oxygen atoms in total. The third kappa shape index (κ3) is 5.81. The minimum absolute atomic E-state index is 0. The summed E-state index contributed by atoms with van der Waals surface area (Å²) >= 11 is 11.8. The van der Waals surface area contributed by atoms with E-state index in [1.165, 1.54) is 0 Å². The number of halogens is 4. The third-order valence-corrected chi connectivity index (χ3v) is 4.00. The first-order valence-corrected chi connectivity index (χ1v) is 7.04. The lowest BCUT2D eigenvalue weighted by atomic mass is 10.2. The summed E-state index contributed by atoms with van der Waals surface area (Å²) in [6, 6.07) is 4.93. The number of carbonyl (C=O) groups is 1. The Labute approximate surface area is 147 Å². The number of amides is 1. The fourth-order valence-electron chi connectivity index (χ4n) is 2.06. The van der Waals surface area contributed by atoms with Gasteiger partial charge in [0.25, 0.3) is 0 Å². The molecule has 8 heteroatoms. The summed E-state index contributed by atoms with van der Waals surface area (Å²) in [5, 5.41) is 7.05. The molecule has 2 N–H and O–H groups in total. The molecule has 1 amide bonds. The van der Waals surface area contributed by atoms with Gasteiger partial charge in [0, 0.05) is 31.9 Å². The van der Waals surface area contributed by atoms with Gasteiger partial charge >= 0.3 is 0 Å². The van der Waals surface area contributed by atoms with E-state index in [1.807, 2.05) is 6.92 Å². The number of benzene rings is 1. The second kappa shape index (κ2) is 9.72. The molecule has 0 radical (unpaired) electrons. The average molecular weight is 375 g/mol. The van der Waals surface area contributed by atoms with Crippen molar-refractivity contribution in [3.8, 4) is 0 Å². The average Bonchev–Trinajstić information content (AvgIpc) is 2.43. The molecule has 21 heavy (non-hydrogen) atoms. The third-order valence-electron chi connectivity index (χ3n) is 3.27. The van der Waals surface area contributed by atoms with E-state index in [2.05, 4.69) is 15.5 Å². The molecule has 1 aromatic rings. The zero-order valence-electron chi connectivity index (χ0n) is 11.6. The summed E-state index contributed by atoms with van der Waals surface area (Å²) in [6.45, 7) is 5.53. The molecular weight excluding hydrogens is 356 g/mol. The van der Waals surface area contributed by atoms with Crippen molar-refractivity contribution in [3.63, 3.8) is 0 Å². The van der Waals surface area contributed by atoms with Gasteiger partial charge in [-0.3, -0.25) is 9.69 Å². The summed E-state index contributed by atoms with van der Waals surface area (Å²) in [4.78, 5) is 14.3. The highest BCUT2D eigenvalue weighted by molar-refractivity contribution is 6.42. The van der Waals surface area contributed by atoms with E-state index in [0.29, 0.717) is 15.7 Å². The molecule has 1 aromatic carbocycles. The predicted molar refractivity (Wildman–Crippen MR) is 93.5 cm³/mol. The highest BCUT2D eigenvalue weighted by atomic mass is 35.5. The molecule has 120 valence electrons. The first-order valence-electron chi connectivity index (χ1n) is 6.28. The summed E-state index contributed by atoms with van der Waals surface area (Å²) in [5.74, 6) is -0.0275. The number of anilines is 1. The number of carbonyl (C=O) groups excluding carboxylic acids is 1. The van der Waals surface area contributed by atoms with Crippen LogP contribution in [0.1, 0.15) is 6.92 Å². The highest BCUT2D eigenvalue weighted by Gasteiger charge is 2.22. The van der Waals surface area contributed by atoms with Crippen LogP contribution in [-0.2, 0) is 4.79 Å². The number of hydrogen-bond acceptors (Lipinski definition) is 3. The number of nitrogens with zero attached hydrogens (tertiary/aromatic N) is 1. The quantitative estimate of drug-likeness (QED) is 0.854. The van der Waals surface area contributed by atoms with Crippen LogP contribution in [0.3, 0.4) is 0 Å². The maximum atomic E-state index is 12.2. The summed E-state index contributed by atoms with van der Waals surface area (Å²) in [6.07, 6.45) is 0. The molecule has 1 heterocycles. The van der Waals surface area contributed by atoms with Crippen molar-refractivity contribution in [1.29, 1.82) is 0 Å². The highest BCUT2D eigenvalue weighted by Crippen LogP contribution is 2.25. The van der Waals surface area contributed by atoms with Gasteiger partial charge in [0.15, 0.2) is 0 Å². The van der Waals surface area contributed by atoms with Crippen LogP contribution < -0.4 is 10.6 Å². The molecule has 1 aliphatic rings. The Morgan fingerprint density at radius 1 is 1.24 bits per heavy atom. The van der Waals surface area contributed by atoms with Crippen LogP contribution in [0.2, 0.25) is 10.0 Å². The lowest BCUT2D eigenvalue weighted by Crippen LogP contribution is -2.51. The summed E-state index contributed by atoms with van der Waals surface area (Å²) < 4.78 is 0. The van der Waals surface area contributed by atoms with E-state index >= 15 is 0 Å². The van der Waals surface area contributed by atoms with Gasteiger partial charge in [-0.25, -0.2) is 0 Å². The topological polar surface area (TPSA) is 44.4 Å². The van der Waals surface area contributed by atoms with E-state index in [9.17, 15) is 4.79 Å². The van der Waals surface area contributed by atoms with Gasteiger partial charge in [0.2, 0.25) is 5.91 Å². The van der Waals surface area contributed by atoms with Gasteiger partial charge in [-0.2, -0.15) is 0 Å². The van der Waals surface area contributed by atoms with Gasteiger partial charge in [0.05, 0.1) is 16.1 Å². The Bertz CT molecular complexity index is 467. The Morgan fingerprint density at radius 3 is 2.43 bits per heavy atom. The van der Waals surface area contributed by atoms with Crippen LogP contribution in [-0.4, -0.2) is 43.0 Å². The lowest BCUT2D eigenvalue weighted by Gasteiger charge is -2.31. The zero-order chi connectivity index (χ0) is 13.8. The monoisotopic (exact) mass is 373 g/mol. The molecular formula is C13H19Cl4N3O. The number of nitrogens with one attached hydrogen (secondary N) is 2. The van der Waals surface area contributed by atoms with Gasteiger partial charge in [-0.15, -0.1) is 24.8 Å². The van der Waals surface area contributed by atoms with Crippen LogP contribution in [0.25, 0.3) is 0 Å². The molecule has 1 aliphatic heterocycles. The largest absolute Gasteiger partial charge is 0.325 e. The van der Waals surface area contributed by atoms with Crippen LogP contribution >= 0.6 is 48.0 Å². The van der Waals surface area contributed by atoms with Gasteiger partial charge in [-0.05, 0) is 25.1 Å². The molecule has 0 aromatic heterocycles. The van der Waals surface area contributed by atoms with E-state index in [-0.39, 0.29) is 36.8 Å². The second-order valence-electron chi connectivity index (χ2n) is 4.58. The summed E-state index contributed by atoms with van der Waals surface area (Å²) in [5.41, 5.74) is 0.668. The van der Waals surface area contributed by atoms with Crippen LogP contribution in [0, 0.1) is 0 Å². The zero-order valence-corrected chi connectivity index (χ0v) is 14.7. The van der Waals surface area contributed by atoms with Crippen molar-refractivity contribution in [2.24, 2.45) is 0 Å². The van der Waals surface area contributed by atoms with E-state index in [1.54, 1.807) is 18.2 Å². The van der Waals surface area contributed by atoms with Crippen molar-refractivity contribution in [2.45, 2.75) is 13.0 Å². The fraction of sp³-hybridized carbons (Fsp3) is 0.462. The Kier molecular flexibility index (Phi) is 9.61. The number of hydrogen-bond donors (Lipinski definition) is 2. The molecule has 1 saturated heterocycles. The first kappa shape index (κ1) is 20.8. The maximum Gasteiger partial charge on any atom is 0.241 e. The van der Waals surface area contributed by atoms with Crippen molar-refractivity contribution in [3.05, 3.63) is 28.2 Å². The van der Waals surface area contributed by atoms with Gasteiger partial charge in [-0.1, -0.05) is 23.2 Å². The number of piperazine rings is 1. The van der Waals surface area contributed by atoms with Crippen LogP contribution in [0.4, 0.5) is 5.69 Å². The van der Waals surface area contributed by atoms with E-state index < -0.39 is 0 Å². The maximum absolute atomic E-state index is 12.2. The van der Waals surface area contributed by atoms with Crippen LogP contribution in [0.15, 0.2) is 18.2 Å². The first-order chi connectivity index (χ1) is 9.08. The standard InChI is InChI=1S/C13H17Cl2N3O.2ClH/c1-9(18-6-4-16-5-7-18)13(19)17-10-2-3-11(14)12(15)8-10;;/h2-3,8-9,16H,4-7H2,1H3,(H,17,19);2*1H. The molecule has 1 atom stereocenters. The molecule has 0 aliphatic carbocycles. The SMILES string of the molecule is CC(C(=O)Nc1ccc(Cl)c(Cl)c1)N1CCNCC1.Cl.Cl. The van der Waals surface area contributed by atoms with Crippen molar-refractivity contribution in [1.82, 2.24) is 10.2 Å². The minimum atomic E-state index is -0.156. The minimum Gasteiger partial charge on any atom is -0.325 e. The van der Waals surface area contributed by atoms with Gasteiger partial charge < -0.3 is 10.6 Å². The van der Waals surface area contributed by atoms with Crippen molar-refractivity contribution < 1.29 is 4.79 Å². The Morgan fingerprint density at radius 2 is 1.86 bits per heavy atom. The van der Waals surface area contributed by atoms with Gasteiger partial charge in [0.1, 0.15) is 0 Å². The molecule has 0 bridgehead atoms. The van der Waals surface area contributed by atoms with Crippen LogP contribution in [0.5, 0.6) is 0 Å². The molecule has 0 saturated carbocycles. The lowest BCUT2D eigenvalue weighted by molar-refractivity contribution is -0.120. The smallest absolute Gasteiger partial charge is 0.241 e. The summed E-state index contributed by atoms with van der Waals surface area (Å²) in [7, 11) is 0. The molecule has 2 rings (SSSR count). The van der Waals surface area contributed by atoms with E-state index in [4.69, 9.17) is 23.2 Å². The molecule has 1 unspecified atom stereocenters. The van der Waals surface area contributed by atoms with Crippen molar-refractivity contribution >= 4 is 59.6 Å².